The molecule has 0 bridgehead atoms. The van der Waals surface area contributed by atoms with Crippen LogP contribution in [0, 0.1) is 11.8 Å². The Labute approximate surface area is 125 Å². The zero-order valence-electron chi connectivity index (χ0n) is 11.5. The molecule has 0 radical (unpaired) electrons. The van der Waals surface area contributed by atoms with Gasteiger partial charge in [0.2, 0.25) is 5.91 Å². The molecule has 2 aromatic heterocycles. The number of amides is 1. The first-order valence-corrected chi connectivity index (χ1v) is 7.84. The zero-order valence-corrected chi connectivity index (χ0v) is 12.3. The van der Waals surface area contributed by atoms with Crippen molar-refractivity contribution in [3.63, 3.8) is 0 Å². The molecular formula is C16H14N2O2S. The first-order chi connectivity index (χ1) is 10.2. The summed E-state index contributed by atoms with van der Waals surface area (Å²) < 4.78 is 5.78. The molecule has 1 aliphatic carbocycles. The fourth-order valence-electron chi connectivity index (χ4n) is 2.44. The number of carbonyl (C=O) groups excluding carboxylic acids is 1. The second-order valence-electron chi connectivity index (χ2n) is 5.50. The van der Waals surface area contributed by atoms with Crippen molar-refractivity contribution in [2.24, 2.45) is 11.8 Å². The maximum Gasteiger partial charge on any atom is 0.229 e. The zero-order chi connectivity index (χ0) is 14.4. The number of anilines is 1. The molecule has 0 spiro atoms. The van der Waals surface area contributed by atoms with Crippen molar-refractivity contribution in [1.29, 1.82) is 0 Å². The molecule has 21 heavy (non-hydrogen) atoms. The molecule has 2 atom stereocenters. The Morgan fingerprint density at radius 3 is 3.00 bits per heavy atom. The van der Waals surface area contributed by atoms with Crippen LogP contribution in [-0.4, -0.2) is 10.9 Å². The van der Waals surface area contributed by atoms with Gasteiger partial charge in [-0.3, -0.25) is 4.79 Å². The minimum Gasteiger partial charge on any atom is -0.454 e. The summed E-state index contributed by atoms with van der Waals surface area (Å²) in [6.07, 6.45) is 0.980. The quantitative estimate of drug-likeness (QED) is 0.790. The van der Waals surface area contributed by atoms with Gasteiger partial charge in [0.1, 0.15) is 11.3 Å². The summed E-state index contributed by atoms with van der Waals surface area (Å²) in [5.41, 5.74) is 1.60. The Morgan fingerprint density at radius 1 is 1.43 bits per heavy atom. The van der Waals surface area contributed by atoms with E-state index in [0.717, 1.165) is 28.8 Å². The highest BCUT2D eigenvalue weighted by Crippen LogP contribution is 2.39. The van der Waals surface area contributed by atoms with E-state index in [1.165, 1.54) is 11.3 Å². The normalized spacial score (nSPS) is 20.6. The summed E-state index contributed by atoms with van der Waals surface area (Å²) in [5.74, 6) is 1.46. The summed E-state index contributed by atoms with van der Waals surface area (Å²) in [5, 5.41) is 6.48. The largest absolute Gasteiger partial charge is 0.454 e. The number of para-hydroxylation sites is 1. The number of aromatic nitrogens is 1. The van der Waals surface area contributed by atoms with Gasteiger partial charge < -0.3 is 9.73 Å². The van der Waals surface area contributed by atoms with E-state index in [9.17, 15) is 4.79 Å². The first-order valence-electron chi connectivity index (χ1n) is 6.96. The van der Waals surface area contributed by atoms with Gasteiger partial charge >= 0.3 is 0 Å². The second-order valence-corrected chi connectivity index (χ2v) is 6.35. The lowest BCUT2D eigenvalue weighted by atomic mass is 10.2. The van der Waals surface area contributed by atoms with E-state index in [0.29, 0.717) is 11.0 Å². The van der Waals surface area contributed by atoms with Crippen LogP contribution in [0.15, 0.2) is 40.1 Å². The third-order valence-corrected chi connectivity index (χ3v) is 4.62. The summed E-state index contributed by atoms with van der Waals surface area (Å²) in [6.45, 7) is 2.09. The van der Waals surface area contributed by atoms with E-state index in [1.807, 2.05) is 35.7 Å². The average molecular weight is 298 g/mol. The van der Waals surface area contributed by atoms with Gasteiger partial charge in [0.05, 0.1) is 0 Å². The van der Waals surface area contributed by atoms with Gasteiger partial charge in [-0.15, -0.1) is 11.3 Å². The molecule has 3 aromatic rings. The first kappa shape index (κ1) is 12.6. The Hall–Kier alpha value is -2.14. The molecule has 1 aliphatic rings. The molecule has 2 heterocycles. The molecule has 5 heteroatoms. The Morgan fingerprint density at radius 2 is 2.24 bits per heavy atom. The molecule has 4 nitrogen and oxygen atoms in total. The third-order valence-electron chi connectivity index (χ3n) is 3.86. The Bertz CT molecular complexity index is 787. The lowest BCUT2D eigenvalue weighted by Gasteiger charge is -1.98. The Kier molecular flexibility index (Phi) is 2.82. The number of rotatable bonds is 3. The molecule has 0 saturated heterocycles. The highest BCUT2D eigenvalue weighted by atomic mass is 32.1. The van der Waals surface area contributed by atoms with E-state index in [-0.39, 0.29) is 11.8 Å². The number of furan rings is 1. The van der Waals surface area contributed by atoms with Crippen molar-refractivity contribution < 1.29 is 9.21 Å². The number of carbonyl (C=O) groups is 1. The van der Waals surface area contributed by atoms with Crippen molar-refractivity contribution in [1.82, 2.24) is 4.98 Å². The fourth-order valence-corrected chi connectivity index (χ4v) is 3.14. The predicted octanol–water partition coefficient (Wildman–Crippen LogP) is 4.15. The van der Waals surface area contributed by atoms with Crippen molar-refractivity contribution in [3.8, 4) is 11.5 Å². The third kappa shape index (κ3) is 2.34. The van der Waals surface area contributed by atoms with Gasteiger partial charge in [0, 0.05) is 16.7 Å². The van der Waals surface area contributed by atoms with Crippen molar-refractivity contribution >= 4 is 33.3 Å². The van der Waals surface area contributed by atoms with Crippen LogP contribution in [0.25, 0.3) is 22.4 Å². The minimum atomic E-state index is 0.0769. The topological polar surface area (TPSA) is 55.1 Å². The van der Waals surface area contributed by atoms with Gasteiger partial charge in [-0.1, -0.05) is 25.1 Å². The number of thiazole rings is 1. The number of hydrogen-bond acceptors (Lipinski definition) is 4. The maximum atomic E-state index is 11.9. The van der Waals surface area contributed by atoms with E-state index >= 15 is 0 Å². The molecule has 1 aromatic carbocycles. The molecule has 1 saturated carbocycles. The van der Waals surface area contributed by atoms with Crippen LogP contribution in [0.3, 0.4) is 0 Å². The van der Waals surface area contributed by atoms with Gasteiger partial charge in [-0.05, 0) is 24.5 Å². The Balaban J connectivity index is 1.57. The smallest absolute Gasteiger partial charge is 0.229 e. The number of nitrogens with one attached hydrogen (secondary N) is 1. The molecule has 106 valence electrons. The minimum absolute atomic E-state index is 0.0769. The van der Waals surface area contributed by atoms with Gasteiger partial charge in [-0.2, -0.15) is 0 Å². The molecule has 1 N–H and O–H groups in total. The summed E-state index contributed by atoms with van der Waals surface area (Å²) in [6, 6.07) is 9.83. The van der Waals surface area contributed by atoms with Crippen LogP contribution >= 0.6 is 11.3 Å². The van der Waals surface area contributed by atoms with E-state index < -0.39 is 0 Å². The number of fused-ring (bicyclic) bond motifs is 1. The van der Waals surface area contributed by atoms with Crippen LogP contribution in [0.1, 0.15) is 13.3 Å². The van der Waals surface area contributed by atoms with Crippen LogP contribution < -0.4 is 5.32 Å². The average Bonchev–Trinajstić information content (AvgIpc) is 2.91. The lowest BCUT2D eigenvalue weighted by Crippen LogP contribution is -2.14. The monoisotopic (exact) mass is 298 g/mol. The summed E-state index contributed by atoms with van der Waals surface area (Å²) >= 11 is 1.43. The highest BCUT2D eigenvalue weighted by Gasteiger charge is 2.39. The van der Waals surface area contributed by atoms with Gasteiger partial charge in [-0.25, -0.2) is 4.98 Å². The van der Waals surface area contributed by atoms with Crippen molar-refractivity contribution in [3.05, 3.63) is 35.7 Å². The number of nitrogens with zero attached hydrogens (tertiary/aromatic N) is 1. The van der Waals surface area contributed by atoms with E-state index in [1.54, 1.807) is 0 Å². The van der Waals surface area contributed by atoms with Crippen molar-refractivity contribution in [2.75, 3.05) is 5.32 Å². The summed E-state index contributed by atoms with van der Waals surface area (Å²) in [4.78, 5) is 16.3. The SMILES string of the molecule is CC1CC1C(=O)Nc1nc(-c2cc3ccccc3o2)cs1. The van der Waals surface area contributed by atoms with Crippen LogP contribution in [0.4, 0.5) is 5.13 Å². The number of benzene rings is 1. The molecule has 1 fully saturated rings. The van der Waals surface area contributed by atoms with Gasteiger partial charge in [0.15, 0.2) is 10.9 Å². The fraction of sp³-hybridized carbons (Fsp3) is 0.250. The van der Waals surface area contributed by atoms with Crippen LogP contribution in [-0.2, 0) is 4.79 Å². The lowest BCUT2D eigenvalue weighted by molar-refractivity contribution is -0.117. The maximum absolute atomic E-state index is 11.9. The predicted molar refractivity (Wildman–Crippen MR) is 83.2 cm³/mol. The molecule has 1 amide bonds. The second kappa shape index (κ2) is 4.70. The standard InChI is InChI=1S/C16H14N2O2S/c1-9-6-11(9)15(19)18-16-17-12(8-21-16)14-7-10-4-2-3-5-13(10)20-14/h2-5,7-9,11H,6H2,1H3,(H,17,18,19). The summed E-state index contributed by atoms with van der Waals surface area (Å²) in [7, 11) is 0. The van der Waals surface area contributed by atoms with Gasteiger partial charge in [0.25, 0.3) is 0 Å². The highest BCUT2D eigenvalue weighted by molar-refractivity contribution is 7.14. The molecule has 2 unspecified atom stereocenters. The van der Waals surface area contributed by atoms with Crippen LogP contribution in [0.5, 0.6) is 0 Å². The van der Waals surface area contributed by atoms with Crippen molar-refractivity contribution in [2.45, 2.75) is 13.3 Å². The molecular weight excluding hydrogens is 284 g/mol. The van der Waals surface area contributed by atoms with Crippen LogP contribution in [0.2, 0.25) is 0 Å². The molecule has 4 rings (SSSR count). The van der Waals surface area contributed by atoms with E-state index in [2.05, 4.69) is 17.2 Å². The molecule has 0 aliphatic heterocycles. The van der Waals surface area contributed by atoms with E-state index in [4.69, 9.17) is 4.42 Å². The number of hydrogen-bond donors (Lipinski definition) is 1.